The van der Waals surface area contributed by atoms with E-state index in [4.69, 9.17) is 4.42 Å². The van der Waals surface area contributed by atoms with E-state index in [1.54, 1.807) is 45.3 Å². The molecule has 0 unspecified atom stereocenters. The van der Waals surface area contributed by atoms with E-state index >= 15 is 0 Å². The molecule has 0 atom stereocenters. The molecule has 3 heterocycles. The summed E-state index contributed by atoms with van der Waals surface area (Å²) in [6.07, 6.45) is 1.65. The minimum atomic E-state index is -0.259. The lowest BCUT2D eigenvalue weighted by Crippen LogP contribution is -2.31. The van der Waals surface area contributed by atoms with Crippen molar-refractivity contribution in [2.24, 2.45) is 7.05 Å². The average Bonchev–Trinajstić information content (AvgIpc) is 3.09. The highest BCUT2D eigenvalue weighted by molar-refractivity contribution is 5.95. The number of nitrogens with zero attached hydrogens (tertiary/aromatic N) is 4. The molecule has 3 rings (SSSR count). The van der Waals surface area contributed by atoms with Gasteiger partial charge in [-0.2, -0.15) is 0 Å². The molecule has 0 aliphatic rings. The van der Waals surface area contributed by atoms with Crippen LogP contribution in [-0.2, 0) is 13.6 Å². The summed E-state index contributed by atoms with van der Waals surface area (Å²) in [5, 5.41) is 7.08. The van der Waals surface area contributed by atoms with Crippen LogP contribution in [0.3, 0.4) is 0 Å². The Morgan fingerprint density at radius 3 is 2.76 bits per heavy atom. The zero-order valence-electron chi connectivity index (χ0n) is 14.3. The van der Waals surface area contributed by atoms with Gasteiger partial charge in [0.05, 0.1) is 12.1 Å². The van der Waals surface area contributed by atoms with Gasteiger partial charge in [-0.3, -0.25) is 14.3 Å². The minimum absolute atomic E-state index is 0.233. The Morgan fingerprint density at radius 2 is 2.12 bits per heavy atom. The number of aryl methyl sites for hydroxylation is 2. The van der Waals surface area contributed by atoms with Crippen molar-refractivity contribution in [3.63, 3.8) is 0 Å². The predicted octanol–water partition coefficient (Wildman–Crippen LogP) is 1.28. The molecule has 0 radical (unpaired) electrons. The van der Waals surface area contributed by atoms with Crippen LogP contribution in [0.4, 0.5) is 0 Å². The van der Waals surface area contributed by atoms with Crippen molar-refractivity contribution in [2.45, 2.75) is 20.4 Å². The van der Waals surface area contributed by atoms with Gasteiger partial charge in [-0.25, -0.2) is 9.48 Å². The fourth-order valence-corrected chi connectivity index (χ4v) is 2.58. The van der Waals surface area contributed by atoms with E-state index in [1.807, 2.05) is 6.07 Å². The van der Waals surface area contributed by atoms with Crippen molar-refractivity contribution in [3.05, 3.63) is 58.0 Å². The second-order valence-corrected chi connectivity index (χ2v) is 5.69. The number of carbonyl (C=O) groups is 1. The summed E-state index contributed by atoms with van der Waals surface area (Å²) >= 11 is 0. The van der Waals surface area contributed by atoms with Crippen LogP contribution in [0, 0.1) is 13.8 Å². The van der Waals surface area contributed by atoms with Gasteiger partial charge >= 0.3 is 5.69 Å². The van der Waals surface area contributed by atoms with E-state index in [0.29, 0.717) is 28.6 Å². The average molecular weight is 341 g/mol. The summed E-state index contributed by atoms with van der Waals surface area (Å²) < 4.78 is 8.10. The van der Waals surface area contributed by atoms with Gasteiger partial charge in [-0.15, -0.1) is 5.10 Å². The fourth-order valence-electron chi connectivity index (χ4n) is 2.58. The first-order chi connectivity index (χ1) is 12.0. The van der Waals surface area contributed by atoms with Crippen molar-refractivity contribution in [1.82, 2.24) is 24.6 Å². The summed E-state index contributed by atoms with van der Waals surface area (Å²) in [4.78, 5) is 28.6. The highest BCUT2D eigenvalue weighted by atomic mass is 16.3. The van der Waals surface area contributed by atoms with Gasteiger partial charge in [0.15, 0.2) is 5.82 Å². The van der Waals surface area contributed by atoms with E-state index in [1.165, 1.54) is 9.25 Å². The van der Waals surface area contributed by atoms with Crippen molar-refractivity contribution < 1.29 is 9.21 Å². The molecule has 0 saturated carbocycles. The monoisotopic (exact) mass is 341 g/mol. The Labute approximate surface area is 144 Å². The van der Waals surface area contributed by atoms with Gasteiger partial charge in [-0.1, -0.05) is 6.07 Å². The lowest BCUT2D eigenvalue weighted by Gasteiger charge is -2.03. The molecular weight excluding hydrogens is 322 g/mol. The number of nitrogens with one attached hydrogen (secondary N) is 1. The molecule has 0 aromatic carbocycles. The van der Waals surface area contributed by atoms with Gasteiger partial charge in [0.25, 0.3) is 5.91 Å². The van der Waals surface area contributed by atoms with Crippen molar-refractivity contribution in [1.29, 1.82) is 0 Å². The maximum Gasteiger partial charge on any atom is 0.346 e. The Bertz CT molecular complexity index is 953. The smallest absolute Gasteiger partial charge is 0.346 e. The zero-order chi connectivity index (χ0) is 18.0. The highest BCUT2D eigenvalue weighted by Gasteiger charge is 2.15. The molecule has 130 valence electrons. The second kappa shape index (κ2) is 6.76. The number of carbonyl (C=O) groups excluding carboxylic acids is 1. The number of aromatic nitrogens is 4. The number of hydrogen-bond acceptors (Lipinski definition) is 5. The lowest BCUT2D eigenvalue weighted by atomic mass is 10.2. The lowest BCUT2D eigenvalue weighted by molar-refractivity contribution is 0.0950. The Kier molecular flexibility index (Phi) is 4.51. The van der Waals surface area contributed by atoms with Gasteiger partial charge < -0.3 is 9.73 Å². The van der Waals surface area contributed by atoms with Crippen LogP contribution in [0.1, 0.15) is 21.9 Å². The number of rotatable bonds is 5. The second-order valence-electron chi connectivity index (χ2n) is 5.69. The van der Waals surface area contributed by atoms with Crippen LogP contribution in [0.15, 0.2) is 39.7 Å². The van der Waals surface area contributed by atoms with Gasteiger partial charge in [-0.05, 0) is 32.0 Å². The standard InChI is InChI=1S/C17H19N5O3/c1-11-10-13(12(2)25-11)16(23)19-8-9-22-17(24)21(3)15(20-22)14-6-4-5-7-18-14/h4-7,10H,8-9H2,1-3H3,(H,19,23). The van der Waals surface area contributed by atoms with E-state index < -0.39 is 0 Å². The van der Waals surface area contributed by atoms with Crippen LogP contribution in [0.5, 0.6) is 0 Å². The third kappa shape index (κ3) is 3.37. The van der Waals surface area contributed by atoms with Crippen LogP contribution >= 0.6 is 0 Å². The fraction of sp³-hybridized carbons (Fsp3) is 0.294. The molecule has 8 heteroatoms. The van der Waals surface area contributed by atoms with Gasteiger partial charge in [0.1, 0.15) is 17.2 Å². The van der Waals surface area contributed by atoms with Crippen LogP contribution in [-0.4, -0.2) is 31.8 Å². The van der Waals surface area contributed by atoms with Gasteiger partial charge in [0, 0.05) is 19.8 Å². The van der Waals surface area contributed by atoms with E-state index in [9.17, 15) is 9.59 Å². The number of pyridine rings is 1. The third-order valence-electron chi connectivity index (χ3n) is 3.83. The summed E-state index contributed by atoms with van der Waals surface area (Å²) in [5.41, 5.74) is 0.861. The number of amides is 1. The van der Waals surface area contributed by atoms with Crippen molar-refractivity contribution in [2.75, 3.05) is 6.54 Å². The van der Waals surface area contributed by atoms with E-state index in [0.717, 1.165) is 0 Å². The Morgan fingerprint density at radius 1 is 1.32 bits per heavy atom. The SMILES string of the molecule is Cc1cc(C(=O)NCCn2nc(-c3ccccn3)n(C)c2=O)c(C)o1. The molecule has 0 spiro atoms. The molecule has 3 aromatic heterocycles. The molecule has 0 aliphatic carbocycles. The topological polar surface area (TPSA) is 95.0 Å². The maximum atomic E-state index is 12.3. The minimum Gasteiger partial charge on any atom is -0.466 e. The molecule has 1 N–H and O–H groups in total. The summed E-state index contributed by atoms with van der Waals surface area (Å²) in [6.45, 7) is 4.07. The molecular formula is C17H19N5O3. The van der Waals surface area contributed by atoms with Crippen LogP contribution < -0.4 is 11.0 Å². The highest BCUT2D eigenvalue weighted by Crippen LogP contribution is 2.13. The van der Waals surface area contributed by atoms with Crippen molar-refractivity contribution in [3.8, 4) is 11.5 Å². The van der Waals surface area contributed by atoms with E-state index in [2.05, 4.69) is 15.4 Å². The molecule has 1 amide bonds. The van der Waals surface area contributed by atoms with Crippen LogP contribution in [0.2, 0.25) is 0 Å². The first kappa shape index (κ1) is 16.7. The van der Waals surface area contributed by atoms with E-state index in [-0.39, 0.29) is 24.7 Å². The molecule has 8 nitrogen and oxygen atoms in total. The molecule has 0 bridgehead atoms. The first-order valence-electron chi connectivity index (χ1n) is 7.88. The normalized spacial score (nSPS) is 10.8. The maximum absolute atomic E-state index is 12.3. The van der Waals surface area contributed by atoms with Crippen molar-refractivity contribution >= 4 is 5.91 Å². The third-order valence-corrected chi connectivity index (χ3v) is 3.83. The molecule has 0 aliphatic heterocycles. The Hall–Kier alpha value is -3.16. The zero-order valence-corrected chi connectivity index (χ0v) is 14.3. The molecule has 0 saturated heterocycles. The number of furan rings is 1. The molecule has 25 heavy (non-hydrogen) atoms. The molecule has 3 aromatic rings. The first-order valence-corrected chi connectivity index (χ1v) is 7.88. The Balaban J connectivity index is 1.69. The van der Waals surface area contributed by atoms with Gasteiger partial charge in [0.2, 0.25) is 0 Å². The largest absolute Gasteiger partial charge is 0.466 e. The summed E-state index contributed by atoms with van der Waals surface area (Å²) in [5.74, 6) is 1.51. The summed E-state index contributed by atoms with van der Waals surface area (Å²) in [6, 6.07) is 7.11. The summed E-state index contributed by atoms with van der Waals surface area (Å²) in [7, 11) is 1.64. The van der Waals surface area contributed by atoms with Crippen LogP contribution in [0.25, 0.3) is 11.5 Å². The molecule has 0 fully saturated rings. The quantitative estimate of drug-likeness (QED) is 0.754. The number of hydrogen-bond donors (Lipinski definition) is 1. The predicted molar refractivity (Wildman–Crippen MR) is 91.2 cm³/mol.